The Morgan fingerprint density at radius 2 is 2.27 bits per heavy atom. The lowest BCUT2D eigenvalue weighted by Crippen LogP contribution is -2.55. The third kappa shape index (κ3) is 2.70. The first-order chi connectivity index (χ1) is 10.6. The van der Waals surface area contributed by atoms with Crippen LogP contribution in [0.25, 0.3) is 0 Å². The second kappa shape index (κ2) is 6.04. The molecular formula is C14H20N4O4. The first-order valence-electron chi connectivity index (χ1n) is 7.65. The lowest BCUT2D eigenvalue weighted by molar-refractivity contribution is -0.392. The van der Waals surface area contributed by atoms with Crippen molar-refractivity contribution in [2.45, 2.75) is 51.3 Å². The fourth-order valence-electron chi connectivity index (χ4n) is 3.43. The molecule has 2 unspecified atom stereocenters. The number of fused-ring (bicyclic) bond motifs is 1. The number of hydrogen-bond donors (Lipinski definition) is 0. The average molecular weight is 308 g/mol. The predicted octanol–water partition coefficient (Wildman–Crippen LogP) is 1.27. The number of nitro groups is 1. The van der Waals surface area contributed by atoms with Crippen LogP contribution in [0.3, 0.4) is 0 Å². The van der Waals surface area contributed by atoms with Crippen LogP contribution in [-0.4, -0.2) is 50.6 Å². The Kier molecular flexibility index (Phi) is 4.10. The minimum atomic E-state index is -0.504. The molecule has 1 aromatic heterocycles. The molecule has 1 aliphatic carbocycles. The lowest BCUT2D eigenvalue weighted by atomic mass is 9.90. The summed E-state index contributed by atoms with van der Waals surface area (Å²) >= 11 is 0. The highest BCUT2D eigenvalue weighted by Crippen LogP contribution is 2.29. The summed E-state index contributed by atoms with van der Waals surface area (Å²) < 4.78 is 7.13. The number of amides is 1. The Hall–Kier alpha value is -1.96. The van der Waals surface area contributed by atoms with Gasteiger partial charge >= 0.3 is 5.82 Å². The molecule has 1 saturated carbocycles. The number of imidazole rings is 1. The molecule has 8 heteroatoms. The third-order valence-corrected chi connectivity index (χ3v) is 4.57. The van der Waals surface area contributed by atoms with Crippen LogP contribution in [0.2, 0.25) is 0 Å². The predicted molar refractivity (Wildman–Crippen MR) is 77.3 cm³/mol. The van der Waals surface area contributed by atoms with Crippen LogP contribution in [-0.2, 0) is 16.1 Å². The van der Waals surface area contributed by atoms with E-state index in [1.807, 2.05) is 4.90 Å². The second-order valence-corrected chi connectivity index (χ2v) is 5.86. The first-order valence-corrected chi connectivity index (χ1v) is 7.65. The summed E-state index contributed by atoms with van der Waals surface area (Å²) in [5, 5.41) is 11.0. The van der Waals surface area contributed by atoms with Gasteiger partial charge < -0.3 is 19.8 Å². The first kappa shape index (κ1) is 15.0. The lowest BCUT2D eigenvalue weighted by Gasteiger charge is -2.43. The zero-order valence-electron chi connectivity index (χ0n) is 12.6. The van der Waals surface area contributed by atoms with Gasteiger partial charge in [-0.1, -0.05) is 12.8 Å². The minimum Gasteiger partial charge on any atom is -0.374 e. The smallest absolute Gasteiger partial charge is 0.343 e. The van der Waals surface area contributed by atoms with Gasteiger partial charge in [0.2, 0.25) is 0 Å². The molecule has 0 radical (unpaired) electrons. The van der Waals surface area contributed by atoms with Crippen molar-refractivity contribution in [2.75, 3.05) is 13.2 Å². The molecule has 1 amide bonds. The van der Waals surface area contributed by atoms with Gasteiger partial charge in [-0.25, -0.2) is 9.55 Å². The number of aromatic nitrogens is 2. The molecule has 2 aliphatic rings. The van der Waals surface area contributed by atoms with E-state index in [4.69, 9.17) is 4.74 Å². The zero-order valence-corrected chi connectivity index (χ0v) is 12.6. The fourth-order valence-corrected chi connectivity index (χ4v) is 3.43. The quantitative estimate of drug-likeness (QED) is 0.619. The van der Waals surface area contributed by atoms with Gasteiger partial charge in [-0.15, -0.1) is 0 Å². The van der Waals surface area contributed by atoms with E-state index < -0.39 is 4.92 Å². The van der Waals surface area contributed by atoms with Gasteiger partial charge in [0.1, 0.15) is 6.20 Å². The maximum absolute atomic E-state index is 12.6. The van der Waals surface area contributed by atoms with Crippen molar-refractivity contribution >= 4 is 11.7 Å². The van der Waals surface area contributed by atoms with E-state index in [1.54, 1.807) is 6.92 Å². The van der Waals surface area contributed by atoms with Crippen LogP contribution in [0.4, 0.5) is 5.82 Å². The van der Waals surface area contributed by atoms with Gasteiger partial charge in [0, 0.05) is 13.5 Å². The number of ether oxygens (including phenoxy) is 1. The molecule has 8 nitrogen and oxygen atoms in total. The van der Waals surface area contributed by atoms with Crippen LogP contribution in [0.1, 0.15) is 31.5 Å². The second-order valence-electron chi connectivity index (χ2n) is 5.86. The molecule has 1 aliphatic heterocycles. The number of carbonyl (C=O) groups excluding carboxylic acids is 1. The van der Waals surface area contributed by atoms with Gasteiger partial charge in [-0.05, 0) is 17.8 Å². The van der Waals surface area contributed by atoms with E-state index in [0.717, 1.165) is 25.7 Å². The summed E-state index contributed by atoms with van der Waals surface area (Å²) in [6.45, 7) is 2.73. The number of aryl methyl sites for hydroxylation is 1. The SMILES string of the molecule is Cc1ncc([N+](=O)[O-])n1CC(=O)N1CCOC2CCCCC21. The van der Waals surface area contributed by atoms with Crippen LogP contribution < -0.4 is 0 Å². The molecule has 1 saturated heterocycles. The molecule has 120 valence electrons. The van der Waals surface area contributed by atoms with E-state index in [1.165, 1.54) is 10.8 Å². The summed E-state index contributed by atoms with van der Waals surface area (Å²) in [4.78, 5) is 29.0. The van der Waals surface area contributed by atoms with Crippen LogP contribution in [0.15, 0.2) is 6.20 Å². The van der Waals surface area contributed by atoms with Crippen LogP contribution in [0, 0.1) is 17.0 Å². The number of rotatable bonds is 3. The number of morpholine rings is 1. The summed E-state index contributed by atoms with van der Waals surface area (Å²) in [6, 6.07) is 0.109. The average Bonchev–Trinajstić information content (AvgIpc) is 2.88. The van der Waals surface area contributed by atoms with Crippen molar-refractivity contribution < 1.29 is 14.5 Å². The Bertz CT molecular complexity index is 583. The number of carbonyl (C=O) groups is 1. The monoisotopic (exact) mass is 308 g/mol. The van der Waals surface area contributed by atoms with E-state index in [9.17, 15) is 14.9 Å². The molecule has 0 spiro atoms. The minimum absolute atomic E-state index is 0.0363. The molecule has 0 bridgehead atoms. The molecule has 0 N–H and O–H groups in total. The highest BCUT2D eigenvalue weighted by molar-refractivity contribution is 5.77. The normalized spacial score (nSPS) is 24.9. The molecule has 1 aromatic rings. The molecule has 2 fully saturated rings. The Morgan fingerprint density at radius 1 is 1.50 bits per heavy atom. The van der Waals surface area contributed by atoms with Gasteiger partial charge in [0.15, 0.2) is 12.4 Å². The topological polar surface area (TPSA) is 90.5 Å². The van der Waals surface area contributed by atoms with Gasteiger partial charge in [0.05, 0.1) is 18.8 Å². The Labute approximate surface area is 128 Å². The van der Waals surface area contributed by atoms with Crippen molar-refractivity contribution in [3.05, 3.63) is 22.1 Å². The van der Waals surface area contributed by atoms with Crippen molar-refractivity contribution in [3.8, 4) is 0 Å². The van der Waals surface area contributed by atoms with Crippen LogP contribution >= 0.6 is 0 Å². The van der Waals surface area contributed by atoms with Gasteiger partial charge in [0.25, 0.3) is 5.91 Å². The number of hydrogen-bond acceptors (Lipinski definition) is 5. The summed E-state index contributed by atoms with van der Waals surface area (Å²) in [7, 11) is 0. The van der Waals surface area contributed by atoms with E-state index in [0.29, 0.717) is 19.0 Å². The van der Waals surface area contributed by atoms with Crippen molar-refractivity contribution in [1.29, 1.82) is 0 Å². The van der Waals surface area contributed by atoms with Crippen LogP contribution in [0.5, 0.6) is 0 Å². The zero-order chi connectivity index (χ0) is 15.7. The molecule has 3 rings (SSSR count). The summed E-state index contributed by atoms with van der Waals surface area (Å²) in [6.07, 6.45) is 5.48. The maximum atomic E-state index is 12.6. The Morgan fingerprint density at radius 3 is 3.05 bits per heavy atom. The molecule has 0 aromatic carbocycles. The maximum Gasteiger partial charge on any atom is 0.343 e. The van der Waals surface area contributed by atoms with Crippen molar-refractivity contribution in [2.24, 2.45) is 0 Å². The van der Waals surface area contributed by atoms with Crippen molar-refractivity contribution in [1.82, 2.24) is 14.5 Å². The Balaban J connectivity index is 1.76. The third-order valence-electron chi connectivity index (χ3n) is 4.57. The fraction of sp³-hybridized carbons (Fsp3) is 0.714. The van der Waals surface area contributed by atoms with E-state index >= 15 is 0 Å². The van der Waals surface area contributed by atoms with Gasteiger partial charge in [-0.2, -0.15) is 0 Å². The molecule has 2 atom stereocenters. The number of nitrogens with zero attached hydrogens (tertiary/aromatic N) is 4. The van der Waals surface area contributed by atoms with E-state index in [2.05, 4.69) is 4.98 Å². The standard InChI is InChI=1S/C14H20N4O4/c1-10-15-8-13(18(20)21)17(10)9-14(19)16-6-7-22-12-5-3-2-4-11(12)16/h8,11-12H,2-7,9H2,1H3. The largest absolute Gasteiger partial charge is 0.374 e. The molecular weight excluding hydrogens is 288 g/mol. The van der Waals surface area contributed by atoms with E-state index in [-0.39, 0.29) is 30.4 Å². The molecule has 22 heavy (non-hydrogen) atoms. The summed E-state index contributed by atoms with van der Waals surface area (Å²) in [5.41, 5.74) is 0. The van der Waals surface area contributed by atoms with Gasteiger partial charge in [-0.3, -0.25) is 4.79 Å². The highest BCUT2D eigenvalue weighted by Gasteiger charge is 2.37. The summed E-state index contributed by atoms with van der Waals surface area (Å²) in [5.74, 6) is 0.247. The van der Waals surface area contributed by atoms with Crippen molar-refractivity contribution in [3.63, 3.8) is 0 Å². The molecule has 2 heterocycles. The highest BCUT2D eigenvalue weighted by atomic mass is 16.6.